The molecule has 51 heavy (non-hydrogen) atoms. The van der Waals surface area contributed by atoms with Crippen molar-refractivity contribution in [3.63, 3.8) is 0 Å². The minimum Gasteiger partial charge on any atom is -0.497 e. The van der Waals surface area contributed by atoms with Gasteiger partial charge in [0.05, 0.1) is 51.2 Å². The van der Waals surface area contributed by atoms with Crippen LogP contribution in [0, 0.1) is 0 Å². The van der Waals surface area contributed by atoms with Crippen LogP contribution < -0.4 is 38.2 Å². The summed E-state index contributed by atoms with van der Waals surface area (Å²) in [5, 5.41) is 0. The Morgan fingerprint density at radius 3 is 0.725 bits per heavy atom. The van der Waals surface area contributed by atoms with Crippen LogP contribution in [0.2, 0.25) is 0 Å². The average Bonchev–Trinajstić information content (AvgIpc) is 3.70. The molecule has 0 amide bonds. The number of anilines is 8. The molecule has 0 radical (unpaired) electrons. The Hall–Kier alpha value is -6.19. The van der Waals surface area contributed by atoms with Crippen molar-refractivity contribution in [3.05, 3.63) is 146 Å². The van der Waals surface area contributed by atoms with Gasteiger partial charge in [-0.3, -0.25) is 0 Å². The van der Waals surface area contributed by atoms with Crippen LogP contribution in [0.3, 0.4) is 0 Å². The molecule has 0 saturated carbocycles. The van der Waals surface area contributed by atoms with E-state index in [1.165, 1.54) is 0 Å². The summed E-state index contributed by atoms with van der Waals surface area (Å²) in [6, 6.07) is 49.1. The second kappa shape index (κ2) is 13.6. The van der Waals surface area contributed by atoms with E-state index >= 15 is 0 Å². The van der Waals surface area contributed by atoms with Crippen LogP contribution in [-0.2, 0) is 4.57 Å². The van der Waals surface area contributed by atoms with Gasteiger partial charge in [0.25, 0.3) is 0 Å². The Balaban J connectivity index is 1.32. The van der Waals surface area contributed by atoms with Crippen molar-refractivity contribution >= 4 is 59.9 Å². The highest BCUT2D eigenvalue weighted by Gasteiger charge is 2.53. The van der Waals surface area contributed by atoms with Crippen LogP contribution >= 0.6 is 0 Å². The zero-order valence-corrected chi connectivity index (χ0v) is 28.8. The summed E-state index contributed by atoms with van der Waals surface area (Å²) in [6.07, 6.45) is 0. The maximum atomic E-state index is 7.61. The molecule has 0 unspecified atom stereocenters. The number of fused-ring (bicyclic) bond motifs is 2. The molecule has 8 rings (SSSR count). The smallest absolute Gasteiger partial charge is 0.497 e. The molecule has 0 aliphatic carbocycles. The normalized spacial score (nSPS) is 13.3. The van der Waals surface area contributed by atoms with Gasteiger partial charge in [-0.15, -0.1) is 0 Å². The molecule has 0 saturated heterocycles. The lowest BCUT2D eigenvalue weighted by Crippen LogP contribution is -2.57. The first-order chi connectivity index (χ1) is 25.1. The van der Waals surface area contributed by atoms with Crippen molar-refractivity contribution < 1.29 is 23.5 Å². The number of nitrogens with zero attached hydrogens (tertiary/aromatic N) is 4. The molecular formula is C40H36B2N4O5. The van der Waals surface area contributed by atoms with E-state index in [1.54, 1.807) is 28.4 Å². The molecule has 252 valence electrons. The van der Waals surface area contributed by atoms with Crippen molar-refractivity contribution in [2.45, 2.75) is 0 Å². The van der Waals surface area contributed by atoms with Gasteiger partial charge in [0.2, 0.25) is 0 Å². The summed E-state index contributed by atoms with van der Waals surface area (Å²) < 4.78 is 29.8. The van der Waals surface area contributed by atoms with Gasteiger partial charge in [-0.05, 0) is 121 Å². The topological polar surface area (TPSA) is 59.1 Å². The van der Waals surface area contributed by atoms with Gasteiger partial charge in [-0.25, -0.2) is 0 Å². The first kappa shape index (κ1) is 32.0. The zero-order valence-electron chi connectivity index (χ0n) is 28.8. The van der Waals surface area contributed by atoms with E-state index < -0.39 is 14.4 Å². The first-order valence-corrected chi connectivity index (χ1v) is 16.7. The maximum Gasteiger partial charge on any atom is 0.545 e. The van der Waals surface area contributed by atoms with Crippen LogP contribution in [0.5, 0.6) is 23.0 Å². The van der Waals surface area contributed by atoms with Crippen LogP contribution in [0.1, 0.15) is 0 Å². The fourth-order valence-corrected chi connectivity index (χ4v) is 6.84. The molecule has 6 aromatic carbocycles. The Morgan fingerprint density at radius 2 is 0.529 bits per heavy atom. The van der Waals surface area contributed by atoms with Gasteiger partial charge in [-0.1, -0.05) is 24.3 Å². The Bertz CT molecular complexity index is 1820. The minimum atomic E-state index is -0.634. The van der Waals surface area contributed by atoms with Crippen LogP contribution in [0.25, 0.3) is 0 Å². The fourth-order valence-electron chi connectivity index (χ4n) is 6.84. The van der Waals surface area contributed by atoms with Gasteiger partial charge in [0.15, 0.2) is 0 Å². The number of ether oxygens (including phenoxy) is 4. The van der Waals surface area contributed by atoms with E-state index in [-0.39, 0.29) is 0 Å². The molecule has 0 atom stereocenters. The highest BCUT2D eigenvalue weighted by molar-refractivity contribution is 6.79. The van der Waals surface area contributed by atoms with Crippen molar-refractivity contribution in [2.24, 2.45) is 0 Å². The summed E-state index contributed by atoms with van der Waals surface area (Å²) >= 11 is 0. The zero-order chi connectivity index (χ0) is 34.9. The van der Waals surface area contributed by atoms with Gasteiger partial charge in [0, 0.05) is 22.7 Å². The maximum absolute atomic E-state index is 7.61. The second-order valence-electron chi connectivity index (χ2n) is 12.0. The lowest BCUT2D eigenvalue weighted by molar-refractivity contribution is 0.414. The van der Waals surface area contributed by atoms with Crippen molar-refractivity contribution in [1.29, 1.82) is 0 Å². The third-order valence-electron chi connectivity index (χ3n) is 9.33. The number of para-hydroxylation sites is 4. The predicted molar refractivity (Wildman–Crippen MR) is 206 cm³/mol. The van der Waals surface area contributed by atoms with Crippen LogP contribution in [-0.4, -0.2) is 42.8 Å². The Morgan fingerprint density at radius 1 is 0.314 bits per heavy atom. The molecule has 2 heterocycles. The van der Waals surface area contributed by atoms with E-state index in [0.717, 1.165) is 68.5 Å². The second-order valence-corrected chi connectivity index (χ2v) is 12.0. The Labute approximate surface area is 299 Å². The third-order valence-corrected chi connectivity index (χ3v) is 9.33. The molecule has 0 fully saturated rings. The van der Waals surface area contributed by atoms with E-state index in [9.17, 15) is 0 Å². The van der Waals surface area contributed by atoms with Gasteiger partial charge in [0.1, 0.15) is 23.0 Å². The largest absolute Gasteiger partial charge is 0.545 e. The van der Waals surface area contributed by atoms with Crippen LogP contribution in [0.15, 0.2) is 146 Å². The summed E-state index contributed by atoms with van der Waals surface area (Å²) in [5.74, 6) is 3.10. The minimum absolute atomic E-state index is 0.634. The van der Waals surface area contributed by atoms with E-state index in [2.05, 4.69) is 116 Å². The summed E-state index contributed by atoms with van der Waals surface area (Å²) in [6.45, 7) is 0. The van der Waals surface area contributed by atoms with E-state index in [0.29, 0.717) is 0 Å². The van der Waals surface area contributed by atoms with Gasteiger partial charge >= 0.3 is 14.4 Å². The molecule has 0 spiro atoms. The standard InChI is InChI=1S/C40H36B2N4O5/c1-47-33-21-13-29(14-22-33)43-37-9-5-6-10-38(37)44(30-15-23-34(48-2)24-16-30)41(43)51-42-45(31-17-25-35(49-3)26-18-31)39-11-7-8-12-40(39)46(42)32-19-27-36(50-4)28-20-32/h5-28H,1-4H3. The number of methoxy groups -OCH3 is 4. The van der Waals surface area contributed by atoms with E-state index in [4.69, 9.17) is 23.5 Å². The number of hydrogen-bond donors (Lipinski definition) is 0. The number of hydrogen-bond acceptors (Lipinski definition) is 9. The molecule has 2 aliphatic heterocycles. The SMILES string of the molecule is COc1ccc(N2B(OB3N(c4ccc(OC)cc4)c4ccccc4N3c3ccc(OC)cc3)N(c3ccc(OC)cc3)c3ccccc32)cc1. The molecule has 0 aromatic heterocycles. The highest BCUT2D eigenvalue weighted by atomic mass is 16.5. The van der Waals surface area contributed by atoms with E-state index in [1.807, 2.05) is 48.5 Å². The fraction of sp³-hybridized carbons (Fsp3) is 0.100. The van der Waals surface area contributed by atoms with Crippen molar-refractivity contribution in [3.8, 4) is 23.0 Å². The molecule has 2 aliphatic rings. The lowest BCUT2D eigenvalue weighted by Gasteiger charge is -2.35. The summed E-state index contributed by atoms with van der Waals surface area (Å²) in [5.41, 5.74) is 7.83. The molecule has 0 N–H and O–H groups in total. The third kappa shape index (κ3) is 5.71. The van der Waals surface area contributed by atoms with Gasteiger partial charge < -0.3 is 42.8 Å². The predicted octanol–water partition coefficient (Wildman–Crippen LogP) is 8.99. The van der Waals surface area contributed by atoms with Crippen molar-refractivity contribution in [1.82, 2.24) is 0 Å². The molecule has 0 bridgehead atoms. The highest BCUT2D eigenvalue weighted by Crippen LogP contribution is 2.51. The average molecular weight is 674 g/mol. The van der Waals surface area contributed by atoms with Gasteiger partial charge in [-0.2, -0.15) is 0 Å². The molecule has 9 nitrogen and oxygen atoms in total. The molecule has 6 aromatic rings. The summed E-state index contributed by atoms with van der Waals surface area (Å²) in [7, 11) is 5.44. The summed E-state index contributed by atoms with van der Waals surface area (Å²) in [4.78, 5) is 8.95. The lowest BCUT2D eigenvalue weighted by atomic mass is 9.84. The van der Waals surface area contributed by atoms with Crippen LogP contribution in [0.4, 0.5) is 45.5 Å². The number of rotatable bonds is 10. The molecule has 11 heteroatoms. The number of benzene rings is 6. The Kier molecular flexibility index (Phi) is 8.55. The van der Waals surface area contributed by atoms with Crippen molar-refractivity contribution in [2.75, 3.05) is 47.7 Å². The molecular weight excluding hydrogens is 638 g/mol. The quantitative estimate of drug-likeness (QED) is 0.133. The monoisotopic (exact) mass is 674 g/mol. The first-order valence-electron chi connectivity index (χ1n) is 16.7.